The Morgan fingerprint density at radius 3 is 2.38 bits per heavy atom. The van der Waals surface area contributed by atoms with E-state index in [1.807, 2.05) is 6.07 Å². The van der Waals surface area contributed by atoms with Crippen LogP contribution in [-0.4, -0.2) is 15.5 Å². The molecule has 2 rings (SSSR count). The zero-order valence-corrected chi connectivity index (χ0v) is 13.5. The van der Waals surface area contributed by atoms with Gasteiger partial charge in [-0.3, -0.25) is 0 Å². The number of rotatable bonds is 4. The first kappa shape index (κ1) is 15.6. The molecule has 21 heavy (non-hydrogen) atoms. The molecule has 5 N–H and O–H groups in total. The maximum absolute atomic E-state index is 11.4. The highest BCUT2D eigenvalue weighted by Crippen LogP contribution is 2.28. The lowest BCUT2D eigenvalue weighted by atomic mass is 10.2. The molecule has 0 fully saturated rings. The number of methoxy groups -OCH3 is 1. The minimum atomic E-state index is -3.82. The van der Waals surface area contributed by atoms with Crippen LogP contribution in [0.4, 0.5) is 17.1 Å². The minimum Gasteiger partial charge on any atom is -0.497 e. The minimum absolute atomic E-state index is 0.0491. The molecule has 0 bridgehead atoms. The molecule has 0 spiro atoms. The normalized spacial score (nSPS) is 11.2. The van der Waals surface area contributed by atoms with Gasteiger partial charge in [-0.2, -0.15) is 0 Å². The van der Waals surface area contributed by atoms with Gasteiger partial charge in [-0.1, -0.05) is 15.9 Å². The van der Waals surface area contributed by atoms with Gasteiger partial charge in [0.1, 0.15) is 5.75 Å². The largest absolute Gasteiger partial charge is 0.497 e. The molecule has 8 heteroatoms. The maximum Gasteiger partial charge on any atom is 0.238 e. The fraction of sp³-hybridized carbons (Fsp3) is 0.0769. The molecule has 0 saturated carbocycles. The van der Waals surface area contributed by atoms with E-state index in [9.17, 15) is 8.42 Å². The predicted octanol–water partition coefficient (Wildman–Crippen LogP) is 2.43. The van der Waals surface area contributed by atoms with Gasteiger partial charge >= 0.3 is 0 Å². The number of nitrogen functional groups attached to an aromatic ring is 1. The Labute approximate surface area is 131 Å². The monoisotopic (exact) mass is 371 g/mol. The number of halogens is 1. The number of ether oxygens (including phenoxy) is 1. The number of anilines is 3. The molecule has 0 saturated heterocycles. The van der Waals surface area contributed by atoms with Crippen molar-refractivity contribution in [2.75, 3.05) is 18.2 Å². The predicted molar refractivity (Wildman–Crippen MR) is 86.2 cm³/mol. The van der Waals surface area contributed by atoms with Crippen molar-refractivity contribution in [2.24, 2.45) is 5.14 Å². The molecule has 2 aromatic carbocycles. The molecule has 0 heterocycles. The summed E-state index contributed by atoms with van der Waals surface area (Å²) in [6.07, 6.45) is 0. The molecule has 6 nitrogen and oxygen atoms in total. The van der Waals surface area contributed by atoms with Gasteiger partial charge in [-0.25, -0.2) is 13.6 Å². The number of hydrogen-bond acceptors (Lipinski definition) is 5. The standard InChI is InChI=1S/C13H14BrN3O3S/c1-20-12-3-8(14)2-10(6-12)17-11-4-9(15)5-13(7-11)21(16,18)19/h2-7,17H,15H2,1H3,(H2,16,18,19). The highest BCUT2D eigenvalue weighted by molar-refractivity contribution is 9.10. The molecule has 0 aliphatic heterocycles. The fourth-order valence-electron chi connectivity index (χ4n) is 1.78. The van der Waals surface area contributed by atoms with Crippen molar-refractivity contribution in [3.8, 4) is 5.75 Å². The second-order valence-corrected chi connectivity index (χ2v) is 6.82. The number of nitrogens with one attached hydrogen (secondary N) is 1. The highest BCUT2D eigenvalue weighted by atomic mass is 79.9. The highest BCUT2D eigenvalue weighted by Gasteiger charge is 2.10. The van der Waals surface area contributed by atoms with E-state index in [1.165, 1.54) is 12.1 Å². The second kappa shape index (κ2) is 5.92. The fourth-order valence-corrected chi connectivity index (χ4v) is 2.84. The molecule has 2 aromatic rings. The van der Waals surface area contributed by atoms with Gasteiger partial charge in [-0.15, -0.1) is 0 Å². The molecular weight excluding hydrogens is 358 g/mol. The molecule has 0 aliphatic rings. The summed E-state index contributed by atoms with van der Waals surface area (Å²) in [6, 6.07) is 9.73. The van der Waals surface area contributed by atoms with E-state index in [1.54, 1.807) is 25.3 Å². The summed E-state index contributed by atoms with van der Waals surface area (Å²) in [5.41, 5.74) is 7.23. The van der Waals surface area contributed by atoms with Crippen molar-refractivity contribution in [3.63, 3.8) is 0 Å². The number of sulfonamides is 1. The molecule has 0 unspecified atom stereocenters. The average Bonchev–Trinajstić information content (AvgIpc) is 2.36. The molecule has 0 atom stereocenters. The first-order chi connectivity index (χ1) is 9.77. The SMILES string of the molecule is COc1cc(Br)cc(Nc2cc(N)cc(S(N)(=O)=O)c2)c1. The lowest BCUT2D eigenvalue weighted by Gasteiger charge is -2.11. The van der Waals surface area contributed by atoms with Crippen LogP contribution in [0.25, 0.3) is 0 Å². The second-order valence-electron chi connectivity index (χ2n) is 4.34. The number of hydrogen-bond donors (Lipinski definition) is 3. The van der Waals surface area contributed by atoms with Gasteiger partial charge in [-0.05, 0) is 30.3 Å². The zero-order chi connectivity index (χ0) is 15.6. The average molecular weight is 372 g/mol. The summed E-state index contributed by atoms with van der Waals surface area (Å²) in [4.78, 5) is -0.0491. The summed E-state index contributed by atoms with van der Waals surface area (Å²) in [5, 5.41) is 8.18. The van der Waals surface area contributed by atoms with E-state index >= 15 is 0 Å². The summed E-state index contributed by atoms with van der Waals surface area (Å²) < 4.78 is 28.8. The quantitative estimate of drug-likeness (QED) is 0.715. The Morgan fingerprint density at radius 1 is 1.10 bits per heavy atom. The zero-order valence-electron chi connectivity index (χ0n) is 11.1. The van der Waals surface area contributed by atoms with E-state index in [0.29, 0.717) is 22.8 Å². The van der Waals surface area contributed by atoms with Crippen LogP contribution in [0.2, 0.25) is 0 Å². The van der Waals surface area contributed by atoms with Gasteiger partial charge in [0.2, 0.25) is 10.0 Å². The number of benzene rings is 2. The smallest absolute Gasteiger partial charge is 0.238 e. The summed E-state index contributed by atoms with van der Waals surface area (Å²) in [6.45, 7) is 0. The summed E-state index contributed by atoms with van der Waals surface area (Å²) >= 11 is 3.37. The van der Waals surface area contributed by atoms with Gasteiger partial charge in [0, 0.05) is 27.6 Å². The van der Waals surface area contributed by atoms with Crippen LogP contribution < -0.4 is 20.9 Å². The van der Waals surface area contributed by atoms with Crippen LogP contribution in [0.15, 0.2) is 45.8 Å². The van der Waals surface area contributed by atoms with Gasteiger partial charge in [0.25, 0.3) is 0 Å². The first-order valence-electron chi connectivity index (χ1n) is 5.83. The Kier molecular flexibility index (Phi) is 4.40. The lowest BCUT2D eigenvalue weighted by molar-refractivity contribution is 0.415. The number of primary sulfonamides is 1. The van der Waals surface area contributed by atoms with E-state index in [4.69, 9.17) is 15.6 Å². The third kappa shape index (κ3) is 4.10. The van der Waals surface area contributed by atoms with Crippen LogP contribution in [-0.2, 0) is 10.0 Å². The Morgan fingerprint density at radius 2 is 1.76 bits per heavy atom. The molecular formula is C13H14BrN3O3S. The van der Waals surface area contributed by atoms with Crippen LogP contribution in [0.5, 0.6) is 5.75 Å². The van der Waals surface area contributed by atoms with E-state index in [-0.39, 0.29) is 4.90 Å². The third-order valence-electron chi connectivity index (χ3n) is 2.65. The Balaban J connectivity index is 2.40. The molecule has 0 radical (unpaired) electrons. The van der Waals surface area contributed by atoms with E-state index in [2.05, 4.69) is 21.2 Å². The van der Waals surface area contributed by atoms with Gasteiger partial charge in [0.15, 0.2) is 0 Å². The first-order valence-corrected chi connectivity index (χ1v) is 8.17. The molecule has 0 aromatic heterocycles. The van der Waals surface area contributed by atoms with Crippen molar-refractivity contribution in [1.29, 1.82) is 0 Å². The van der Waals surface area contributed by atoms with Gasteiger partial charge in [0.05, 0.1) is 12.0 Å². The van der Waals surface area contributed by atoms with Gasteiger partial charge < -0.3 is 15.8 Å². The van der Waals surface area contributed by atoms with Crippen LogP contribution >= 0.6 is 15.9 Å². The molecule has 0 amide bonds. The Hall–Kier alpha value is -1.77. The third-order valence-corrected chi connectivity index (χ3v) is 4.00. The summed E-state index contributed by atoms with van der Waals surface area (Å²) in [7, 11) is -2.25. The van der Waals surface area contributed by atoms with Crippen LogP contribution in [0.3, 0.4) is 0 Å². The van der Waals surface area contributed by atoms with Crippen molar-refractivity contribution >= 4 is 43.0 Å². The topological polar surface area (TPSA) is 107 Å². The van der Waals surface area contributed by atoms with E-state index < -0.39 is 10.0 Å². The number of nitrogens with two attached hydrogens (primary N) is 2. The molecule has 112 valence electrons. The maximum atomic E-state index is 11.4. The van der Waals surface area contributed by atoms with Crippen molar-refractivity contribution in [2.45, 2.75) is 4.90 Å². The van der Waals surface area contributed by atoms with Crippen LogP contribution in [0.1, 0.15) is 0 Å². The van der Waals surface area contributed by atoms with Crippen LogP contribution in [0, 0.1) is 0 Å². The van der Waals surface area contributed by atoms with Crippen molar-refractivity contribution in [3.05, 3.63) is 40.9 Å². The van der Waals surface area contributed by atoms with Crippen molar-refractivity contribution < 1.29 is 13.2 Å². The van der Waals surface area contributed by atoms with E-state index in [0.717, 1.165) is 4.47 Å². The lowest BCUT2D eigenvalue weighted by Crippen LogP contribution is -2.12. The Bertz CT molecular complexity index is 778. The van der Waals surface area contributed by atoms with Crippen molar-refractivity contribution in [1.82, 2.24) is 0 Å². The summed E-state index contributed by atoms with van der Waals surface area (Å²) in [5.74, 6) is 0.655. The molecule has 0 aliphatic carbocycles.